The van der Waals surface area contributed by atoms with Crippen molar-refractivity contribution in [3.63, 3.8) is 0 Å². The Bertz CT molecular complexity index is 350. The minimum absolute atomic E-state index is 0.00465. The summed E-state index contributed by atoms with van der Waals surface area (Å²) in [5.74, 6) is -0.260. The first-order valence-electron chi connectivity index (χ1n) is 5.46. The van der Waals surface area contributed by atoms with Gasteiger partial charge in [-0.1, -0.05) is 24.9 Å². The number of halogens is 1. The summed E-state index contributed by atoms with van der Waals surface area (Å²) in [6.07, 6.45) is 1.83. The molecular weight excluding hydrogens is 242 g/mol. The van der Waals surface area contributed by atoms with Gasteiger partial charge in [-0.15, -0.1) is 10.2 Å². The summed E-state index contributed by atoms with van der Waals surface area (Å²) >= 11 is 5.60. The number of rotatable bonds is 6. The molecule has 5 nitrogen and oxygen atoms in total. The Labute approximate surface area is 106 Å². The van der Waals surface area contributed by atoms with Crippen LogP contribution >= 0.6 is 11.6 Å². The maximum absolute atomic E-state index is 11.8. The number of ether oxygens (including phenoxy) is 1. The molecule has 0 aliphatic carbocycles. The van der Waals surface area contributed by atoms with E-state index in [4.69, 9.17) is 16.3 Å². The average molecular weight is 258 g/mol. The molecule has 0 bridgehead atoms. The van der Waals surface area contributed by atoms with Crippen LogP contribution in [0.2, 0.25) is 5.15 Å². The second-order valence-electron chi connectivity index (χ2n) is 3.66. The first kappa shape index (κ1) is 13.9. The number of carbonyl (C=O) groups excluding carboxylic acids is 1. The van der Waals surface area contributed by atoms with Gasteiger partial charge in [0.1, 0.15) is 0 Å². The Morgan fingerprint density at radius 2 is 2.29 bits per heavy atom. The van der Waals surface area contributed by atoms with E-state index < -0.39 is 0 Å². The van der Waals surface area contributed by atoms with Crippen LogP contribution in [0, 0.1) is 0 Å². The molecule has 0 saturated heterocycles. The number of nitrogens with one attached hydrogen (secondary N) is 1. The van der Waals surface area contributed by atoms with Gasteiger partial charge in [0.15, 0.2) is 10.8 Å². The SMILES string of the molecule is CCCC(COC)NC(=O)c1ccc(Cl)nn1. The smallest absolute Gasteiger partial charge is 0.272 e. The van der Waals surface area contributed by atoms with Gasteiger partial charge in [-0.05, 0) is 18.6 Å². The van der Waals surface area contributed by atoms with Gasteiger partial charge in [-0.25, -0.2) is 0 Å². The largest absolute Gasteiger partial charge is 0.383 e. The van der Waals surface area contributed by atoms with Crippen LogP contribution in [0.4, 0.5) is 0 Å². The Balaban J connectivity index is 2.60. The molecular formula is C11H16ClN3O2. The zero-order chi connectivity index (χ0) is 12.7. The van der Waals surface area contributed by atoms with Gasteiger partial charge in [0.05, 0.1) is 12.6 Å². The zero-order valence-corrected chi connectivity index (χ0v) is 10.7. The Morgan fingerprint density at radius 1 is 1.53 bits per heavy atom. The molecule has 1 heterocycles. The number of carbonyl (C=O) groups is 1. The third kappa shape index (κ3) is 4.66. The Morgan fingerprint density at radius 3 is 2.82 bits per heavy atom. The molecule has 1 unspecified atom stereocenters. The molecule has 1 aromatic heterocycles. The molecule has 1 rings (SSSR count). The van der Waals surface area contributed by atoms with Crippen LogP contribution in [-0.2, 0) is 4.74 Å². The number of amides is 1. The van der Waals surface area contributed by atoms with Crippen LogP contribution in [-0.4, -0.2) is 35.9 Å². The lowest BCUT2D eigenvalue weighted by Gasteiger charge is -2.16. The van der Waals surface area contributed by atoms with Crippen molar-refractivity contribution in [2.24, 2.45) is 0 Å². The van der Waals surface area contributed by atoms with E-state index in [-0.39, 0.29) is 22.8 Å². The molecule has 94 valence electrons. The summed E-state index contributed by atoms with van der Waals surface area (Å²) in [6.45, 7) is 2.54. The Hall–Kier alpha value is -1.20. The monoisotopic (exact) mass is 257 g/mol. The highest BCUT2D eigenvalue weighted by molar-refractivity contribution is 6.29. The Kier molecular flexibility index (Phi) is 5.86. The zero-order valence-electron chi connectivity index (χ0n) is 9.94. The van der Waals surface area contributed by atoms with E-state index in [1.54, 1.807) is 13.2 Å². The second-order valence-corrected chi connectivity index (χ2v) is 4.04. The fourth-order valence-electron chi connectivity index (χ4n) is 1.44. The van der Waals surface area contributed by atoms with E-state index in [0.717, 1.165) is 12.8 Å². The van der Waals surface area contributed by atoms with Gasteiger partial charge in [-0.3, -0.25) is 4.79 Å². The van der Waals surface area contributed by atoms with Crippen LogP contribution in [0.15, 0.2) is 12.1 Å². The van der Waals surface area contributed by atoms with Crippen molar-refractivity contribution in [1.82, 2.24) is 15.5 Å². The molecule has 0 fully saturated rings. The standard InChI is InChI=1S/C11H16ClN3O2/c1-3-4-8(7-17-2)13-11(16)9-5-6-10(12)15-14-9/h5-6,8H,3-4,7H2,1-2H3,(H,13,16). The van der Waals surface area contributed by atoms with E-state index >= 15 is 0 Å². The van der Waals surface area contributed by atoms with Gasteiger partial charge in [0.2, 0.25) is 0 Å². The lowest BCUT2D eigenvalue weighted by atomic mass is 10.2. The van der Waals surface area contributed by atoms with Gasteiger partial charge in [-0.2, -0.15) is 0 Å². The normalized spacial score (nSPS) is 12.2. The van der Waals surface area contributed by atoms with Crippen LogP contribution in [0.3, 0.4) is 0 Å². The van der Waals surface area contributed by atoms with E-state index in [1.165, 1.54) is 6.07 Å². The predicted octanol–water partition coefficient (Wildman–Crippen LogP) is 1.67. The van der Waals surface area contributed by atoms with E-state index in [9.17, 15) is 4.79 Å². The first-order chi connectivity index (χ1) is 8.17. The topological polar surface area (TPSA) is 64.1 Å². The fourth-order valence-corrected chi connectivity index (χ4v) is 1.54. The molecule has 17 heavy (non-hydrogen) atoms. The third-order valence-electron chi connectivity index (χ3n) is 2.20. The van der Waals surface area contributed by atoms with E-state index in [0.29, 0.717) is 6.61 Å². The van der Waals surface area contributed by atoms with Gasteiger partial charge >= 0.3 is 0 Å². The molecule has 1 N–H and O–H groups in total. The molecule has 0 aliphatic heterocycles. The van der Waals surface area contributed by atoms with Gasteiger partial charge in [0, 0.05) is 7.11 Å². The third-order valence-corrected chi connectivity index (χ3v) is 2.41. The first-order valence-corrected chi connectivity index (χ1v) is 5.84. The van der Waals surface area contributed by atoms with Crippen LogP contribution in [0.1, 0.15) is 30.3 Å². The van der Waals surface area contributed by atoms with E-state index in [1.807, 2.05) is 0 Å². The number of hydrogen-bond acceptors (Lipinski definition) is 4. The maximum Gasteiger partial charge on any atom is 0.272 e. The highest BCUT2D eigenvalue weighted by atomic mass is 35.5. The molecule has 1 atom stereocenters. The number of nitrogens with zero attached hydrogens (tertiary/aromatic N) is 2. The molecule has 0 aliphatic rings. The molecule has 0 saturated carbocycles. The second kappa shape index (κ2) is 7.19. The molecule has 1 amide bonds. The van der Waals surface area contributed by atoms with Crippen molar-refractivity contribution in [2.45, 2.75) is 25.8 Å². The summed E-state index contributed by atoms with van der Waals surface area (Å²) in [5, 5.41) is 10.5. The lowest BCUT2D eigenvalue weighted by Crippen LogP contribution is -2.38. The molecule has 1 aromatic rings. The van der Waals surface area contributed by atoms with E-state index in [2.05, 4.69) is 22.4 Å². The number of methoxy groups -OCH3 is 1. The van der Waals surface area contributed by atoms with Crippen molar-refractivity contribution >= 4 is 17.5 Å². The summed E-state index contributed by atoms with van der Waals surface area (Å²) in [6, 6.07) is 3.07. The maximum atomic E-state index is 11.8. The molecule has 0 spiro atoms. The van der Waals surface area contributed by atoms with Crippen LogP contribution in [0.25, 0.3) is 0 Å². The highest BCUT2D eigenvalue weighted by Gasteiger charge is 2.14. The summed E-state index contributed by atoms with van der Waals surface area (Å²) in [4.78, 5) is 11.8. The van der Waals surface area contributed by atoms with Crippen molar-refractivity contribution in [3.05, 3.63) is 23.0 Å². The van der Waals surface area contributed by atoms with Crippen LogP contribution < -0.4 is 5.32 Å². The molecule has 0 aromatic carbocycles. The minimum atomic E-state index is -0.260. The molecule has 6 heteroatoms. The van der Waals surface area contributed by atoms with Gasteiger partial charge in [0.25, 0.3) is 5.91 Å². The van der Waals surface area contributed by atoms with Crippen molar-refractivity contribution in [2.75, 3.05) is 13.7 Å². The van der Waals surface area contributed by atoms with Crippen LogP contribution in [0.5, 0.6) is 0 Å². The highest BCUT2D eigenvalue weighted by Crippen LogP contribution is 2.03. The van der Waals surface area contributed by atoms with Crippen molar-refractivity contribution in [3.8, 4) is 0 Å². The van der Waals surface area contributed by atoms with Crippen molar-refractivity contribution < 1.29 is 9.53 Å². The number of aromatic nitrogens is 2. The van der Waals surface area contributed by atoms with Gasteiger partial charge < -0.3 is 10.1 Å². The summed E-state index contributed by atoms with van der Waals surface area (Å²) in [5.41, 5.74) is 0.256. The predicted molar refractivity (Wildman–Crippen MR) is 65.1 cm³/mol. The lowest BCUT2D eigenvalue weighted by molar-refractivity contribution is 0.0885. The fraction of sp³-hybridized carbons (Fsp3) is 0.545. The number of hydrogen-bond donors (Lipinski definition) is 1. The quantitative estimate of drug-likeness (QED) is 0.842. The van der Waals surface area contributed by atoms with Crippen molar-refractivity contribution in [1.29, 1.82) is 0 Å². The summed E-state index contributed by atoms with van der Waals surface area (Å²) in [7, 11) is 1.61. The average Bonchev–Trinajstić information content (AvgIpc) is 2.30. The summed E-state index contributed by atoms with van der Waals surface area (Å²) < 4.78 is 5.04. The molecule has 0 radical (unpaired) electrons. The minimum Gasteiger partial charge on any atom is -0.383 e.